The van der Waals surface area contributed by atoms with Crippen LogP contribution in [-0.4, -0.2) is 16.7 Å². The Morgan fingerprint density at radius 3 is 2.74 bits per heavy atom. The lowest BCUT2D eigenvalue weighted by Gasteiger charge is -2.09. The molecule has 0 saturated heterocycles. The van der Waals surface area contributed by atoms with E-state index < -0.39 is 11.7 Å². The number of H-pyrrole nitrogens is 1. The maximum Gasteiger partial charge on any atom is 0.416 e. The number of rotatable bonds is 4. The van der Waals surface area contributed by atoms with Gasteiger partial charge in [-0.15, -0.1) is 0 Å². The average Bonchev–Trinajstić information content (AvgIpc) is 2.83. The fourth-order valence-corrected chi connectivity index (χ4v) is 1.89. The Kier molecular flexibility index (Phi) is 3.90. The topological polar surface area (TPSA) is 54.7 Å². The maximum atomic E-state index is 12.7. The van der Waals surface area contributed by atoms with Gasteiger partial charge in [0.15, 0.2) is 0 Å². The summed E-state index contributed by atoms with van der Waals surface area (Å²) in [5.41, 5.74) is 6.79. The maximum absolute atomic E-state index is 12.7. The van der Waals surface area contributed by atoms with Crippen LogP contribution < -0.4 is 5.73 Å². The lowest BCUT2D eigenvalue weighted by atomic mass is 10.0. The number of nitrogens with one attached hydrogen (secondary N) is 1. The Hall–Kier alpha value is -1.82. The van der Waals surface area contributed by atoms with Crippen LogP contribution in [-0.2, 0) is 12.6 Å². The van der Waals surface area contributed by atoms with E-state index >= 15 is 0 Å². The molecule has 0 amide bonds. The van der Waals surface area contributed by atoms with E-state index in [9.17, 15) is 13.2 Å². The number of aromatic amines is 1. The first-order valence-corrected chi connectivity index (χ1v) is 5.92. The molecule has 1 heterocycles. The average molecular weight is 269 g/mol. The van der Waals surface area contributed by atoms with Gasteiger partial charge in [0.1, 0.15) is 0 Å². The molecule has 0 aliphatic heterocycles. The summed E-state index contributed by atoms with van der Waals surface area (Å²) in [5, 5.41) is 6.71. The Bertz CT molecular complexity index is 546. The number of alkyl halides is 3. The number of benzene rings is 1. The molecular weight excluding hydrogens is 255 g/mol. The van der Waals surface area contributed by atoms with E-state index in [0.717, 1.165) is 24.2 Å². The lowest BCUT2D eigenvalue weighted by molar-refractivity contribution is -0.137. The summed E-state index contributed by atoms with van der Waals surface area (Å²) in [6, 6.07) is 5.24. The van der Waals surface area contributed by atoms with E-state index in [4.69, 9.17) is 5.73 Å². The van der Waals surface area contributed by atoms with Crippen molar-refractivity contribution in [2.45, 2.75) is 19.0 Å². The van der Waals surface area contributed by atoms with Gasteiger partial charge in [0, 0.05) is 11.3 Å². The second-order valence-electron chi connectivity index (χ2n) is 4.23. The van der Waals surface area contributed by atoms with Crippen molar-refractivity contribution in [3.05, 3.63) is 41.7 Å². The summed E-state index contributed by atoms with van der Waals surface area (Å²) in [7, 11) is 0. The van der Waals surface area contributed by atoms with Crippen molar-refractivity contribution in [3.63, 3.8) is 0 Å². The summed E-state index contributed by atoms with van der Waals surface area (Å²) < 4.78 is 38.0. The Morgan fingerprint density at radius 2 is 2.05 bits per heavy atom. The van der Waals surface area contributed by atoms with Gasteiger partial charge in [0.2, 0.25) is 0 Å². The third-order valence-electron chi connectivity index (χ3n) is 2.85. The Morgan fingerprint density at radius 1 is 1.26 bits per heavy atom. The second-order valence-corrected chi connectivity index (χ2v) is 4.23. The summed E-state index contributed by atoms with van der Waals surface area (Å²) >= 11 is 0. The zero-order chi connectivity index (χ0) is 13.9. The molecule has 0 spiro atoms. The minimum atomic E-state index is -4.34. The van der Waals surface area contributed by atoms with Crippen molar-refractivity contribution in [1.29, 1.82) is 0 Å². The van der Waals surface area contributed by atoms with Gasteiger partial charge >= 0.3 is 6.18 Å². The molecule has 0 atom stereocenters. The molecule has 0 bridgehead atoms. The predicted molar refractivity (Wildman–Crippen MR) is 66.4 cm³/mol. The van der Waals surface area contributed by atoms with Crippen molar-refractivity contribution >= 4 is 0 Å². The highest BCUT2D eigenvalue weighted by molar-refractivity contribution is 5.66. The van der Waals surface area contributed by atoms with Gasteiger partial charge in [0.05, 0.1) is 11.8 Å². The highest BCUT2D eigenvalue weighted by Gasteiger charge is 2.30. The quantitative estimate of drug-likeness (QED) is 0.896. The molecule has 19 heavy (non-hydrogen) atoms. The van der Waals surface area contributed by atoms with Gasteiger partial charge in [0.25, 0.3) is 0 Å². The molecule has 2 rings (SSSR count). The third-order valence-corrected chi connectivity index (χ3v) is 2.85. The number of hydrogen-bond acceptors (Lipinski definition) is 2. The van der Waals surface area contributed by atoms with Crippen LogP contribution in [0.1, 0.15) is 17.7 Å². The van der Waals surface area contributed by atoms with Crippen LogP contribution in [0.5, 0.6) is 0 Å². The van der Waals surface area contributed by atoms with E-state index in [-0.39, 0.29) is 0 Å². The number of aromatic nitrogens is 2. The van der Waals surface area contributed by atoms with Crippen molar-refractivity contribution in [1.82, 2.24) is 10.2 Å². The van der Waals surface area contributed by atoms with Crippen LogP contribution in [0, 0.1) is 0 Å². The van der Waals surface area contributed by atoms with Gasteiger partial charge in [-0.05, 0) is 37.1 Å². The van der Waals surface area contributed by atoms with E-state index in [1.807, 2.05) is 0 Å². The molecule has 0 saturated carbocycles. The fourth-order valence-electron chi connectivity index (χ4n) is 1.89. The number of nitrogens with two attached hydrogens (primary N) is 1. The van der Waals surface area contributed by atoms with Gasteiger partial charge in [-0.2, -0.15) is 18.3 Å². The lowest BCUT2D eigenvalue weighted by Crippen LogP contribution is -2.05. The van der Waals surface area contributed by atoms with Crippen LogP contribution in [0.15, 0.2) is 30.5 Å². The highest BCUT2D eigenvalue weighted by Crippen LogP contribution is 2.32. The van der Waals surface area contributed by atoms with E-state index in [1.54, 1.807) is 12.3 Å². The molecule has 6 heteroatoms. The van der Waals surface area contributed by atoms with Crippen LogP contribution in [0.3, 0.4) is 0 Å². The molecule has 0 aliphatic carbocycles. The summed E-state index contributed by atoms with van der Waals surface area (Å²) in [6.07, 6.45) is -1.37. The van der Waals surface area contributed by atoms with Gasteiger partial charge in [-0.3, -0.25) is 5.10 Å². The van der Waals surface area contributed by atoms with Crippen molar-refractivity contribution < 1.29 is 13.2 Å². The molecule has 0 fully saturated rings. The van der Waals surface area contributed by atoms with Crippen LogP contribution in [0.4, 0.5) is 13.2 Å². The normalized spacial score (nSPS) is 11.8. The molecule has 3 N–H and O–H groups in total. The second kappa shape index (κ2) is 5.44. The molecule has 2 aromatic rings. The Labute approximate surface area is 108 Å². The van der Waals surface area contributed by atoms with Crippen molar-refractivity contribution in [2.75, 3.05) is 6.54 Å². The third kappa shape index (κ3) is 3.14. The number of hydrogen-bond donors (Lipinski definition) is 2. The Balaban J connectivity index is 2.34. The SMILES string of the molecule is NCCCc1[nH]ncc1-c1cccc(C(F)(F)F)c1. The summed E-state index contributed by atoms with van der Waals surface area (Å²) in [4.78, 5) is 0. The molecular formula is C13H14F3N3. The number of nitrogens with zero attached hydrogens (tertiary/aromatic N) is 1. The van der Waals surface area contributed by atoms with Crippen LogP contribution in [0.25, 0.3) is 11.1 Å². The smallest absolute Gasteiger partial charge is 0.330 e. The number of halogens is 3. The molecule has 3 nitrogen and oxygen atoms in total. The molecule has 102 valence electrons. The molecule has 1 aromatic heterocycles. The molecule has 0 aliphatic rings. The standard InChI is InChI=1S/C13H14F3N3/c14-13(15,16)10-4-1-3-9(7-10)11-8-18-19-12(11)5-2-6-17/h1,3-4,7-8H,2,5-6,17H2,(H,18,19). The molecule has 0 unspecified atom stereocenters. The first kappa shape index (κ1) is 13.6. The zero-order valence-corrected chi connectivity index (χ0v) is 10.2. The van der Waals surface area contributed by atoms with Crippen molar-refractivity contribution in [3.8, 4) is 11.1 Å². The number of aryl methyl sites for hydroxylation is 1. The monoisotopic (exact) mass is 269 g/mol. The molecule has 0 radical (unpaired) electrons. The summed E-state index contributed by atoms with van der Waals surface area (Å²) in [6.45, 7) is 0.529. The molecule has 1 aromatic carbocycles. The zero-order valence-electron chi connectivity index (χ0n) is 10.2. The van der Waals surface area contributed by atoms with E-state index in [1.165, 1.54) is 6.07 Å². The minimum absolute atomic E-state index is 0.510. The van der Waals surface area contributed by atoms with Gasteiger partial charge in [-0.1, -0.05) is 12.1 Å². The first-order chi connectivity index (χ1) is 9.02. The highest BCUT2D eigenvalue weighted by atomic mass is 19.4. The van der Waals surface area contributed by atoms with Crippen LogP contribution >= 0.6 is 0 Å². The van der Waals surface area contributed by atoms with Crippen molar-refractivity contribution in [2.24, 2.45) is 5.73 Å². The first-order valence-electron chi connectivity index (χ1n) is 5.92. The fraction of sp³-hybridized carbons (Fsp3) is 0.308. The van der Waals surface area contributed by atoms with E-state index in [0.29, 0.717) is 24.1 Å². The van der Waals surface area contributed by atoms with Gasteiger partial charge in [-0.25, -0.2) is 0 Å². The van der Waals surface area contributed by atoms with Gasteiger partial charge < -0.3 is 5.73 Å². The van der Waals surface area contributed by atoms with E-state index in [2.05, 4.69) is 10.2 Å². The summed E-state index contributed by atoms with van der Waals surface area (Å²) in [5.74, 6) is 0. The largest absolute Gasteiger partial charge is 0.416 e. The predicted octanol–water partition coefficient (Wildman–Crippen LogP) is 2.99. The van der Waals surface area contributed by atoms with Crippen LogP contribution in [0.2, 0.25) is 0 Å². The minimum Gasteiger partial charge on any atom is -0.330 e.